The fraction of sp³-hybridized carbons (Fsp3) is 0.364. The molecule has 15 heavy (non-hydrogen) atoms. The highest BCUT2D eigenvalue weighted by atomic mass is 32.2. The van der Waals surface area contributed by atoms with Crippen LogP contribution in [0.4, 0.5) is 0 Å². The Morgan fingerprint density at radius 3 is 2.60 bits per heavy atom. The number of esters is 1. The van der Waals surface area contributed by atoms with E-state index in [0.717, 1.165) is 10.6 Å². The van der Waals surface area contributed by atoms with Crippen LogP contribution in [-0.4, -0.2) is 25.9 Å². The number of thioether (sulfide) groups is 1. The highest BCUT2D eigenvalue weighted by Crippen LogP contribution is 2.25. The van der Waals surface area contributed by atoms with Gasteiger partial charge in [-0.1, -0.05) is 6.92 Å². The third-order valence-corrected chi connectivity index (χ3v) is 2.71. The number of methoxy groups -OCH3 is 2. The first-order chi connectivity index (χ1) is 7.21. The monoisotopic (exact) mass is 226 g/mol. The predicted molar refractivity (Wildman–Crippen MR) is 60.7 cm³/mol. The molecule has 1 aromatic carbocycles. The van der Waals surface area contributed by atoms with Crippen LogP contribution in [0.1, 0.15) is 17.3 Å². The maximum absolute atomic E-state index is 11.4. The van der Waals surface area contributed by atoms with E-state index in [4.69, 9.17) is 4.74 Å². The summed E-state index contributed by atoms with van der Waals surface area (Å²) in [7, 11) is 2.95. The lowest BCUT2D eigenvalue weighted by Crippen LogP contribution is -2.01. The van der Waals surface area contributed by atoms with Crippen molar-refractivity contribution in [3.8, 4) is 5.75 Å². The normalized spacial score (nSPS) is 9.80. The standard InChI is InChI=1S/C11H14O3S/c1-4-15-10-6-8(11(12)14-3)5-9(7-10)13-2/h5-7H,4H2,1-3H3. The Kier molecular flexibility index (Phi) is 4.49. The zero-order valence-corrected chi connectivity index (χ0v) is 9.89. The molecule has 0 radical (unpaired) electrons. The largest absolute Gasteiger partial charge is 0.497 e. The predicted octanol–water partition coefficient (Wildman–Crippen LogP) is 2.59. The maximum atomic E-state index is 11.4. The quantitative estimate of drug-likeness (QED) is 0.584. The molecule has 1 aromatic rings. The average Bonchev–Trinajstić information content (AvgIpc) is 2.28. The summed E-state index contributed by atoms with van der Waals surface area (Å²) in [6, 6.07) is 5.38. The number of hydrogen-bond donors (Lipinski definition) is 0. The van der Waals surface area contributed by atoms with Crippen molar-refractivity contribution in [1.29, 1.82) is 0 Å². The van der Waals surface area contributed by atoms with Crippen LogP contribution in [0.25, 0.3) is 0 Å². The number of ether oxygens (including phenoxy) is 2. The molecule has 0 unspecified atom stereocenters. The molecule has 0 amide bonds. The lowest BCUT2D eigenvalue weighted by atomic mass is 10.2. The van der Waals surface area contributed by atoms with E-state index in [2.05, 4.69) is 11.7 Å². The molecule has 0 spiro atoms. The van der Waals surface area contributed by atoms with Crippen LogP contribution in [0.5, 0.6) is 5.75 Å². The van der Waals surface area contributed by atoms with Crippen molar-refractivity contribution in [3.05, 3.63) is 23.8 Å². The van der Waals surface area contributed by atoms with E-state index in [-0.39, 0.29) is 5.97 Å². The first-order valence-corrected chi connectivity index (χ1v) is 5.60. The summed E-state index contributed by atoms with van der Waals surface area (Å²) in [6.07, 6.45) is 0. The van der Waals surface area contributed by atoms with E-state index >= 15 is 0 Å². The second-order valence-electron chi connectivity index (χ2n) is 2.82. The molecule has 0 N–H and O–H groups in total. The van der Waals surface area contributed by atoms with E-state index in [1.165, 1.54) is 7.11 Å². The Labute approximate surface area is 93.8 Å². The van der Waals surface area contributed by atoms with Gasteiger partial charge in [-0.05, 0) is 24.0 Å². The third-order valence-electron chi connectivity index (χ3n) is 1.85. The fourth-order valence-corrected chi connectivity index (χ4v) is 1.92. The van der Waals surface area contributed by atoms with Gasteiger partial charge in [-0.3, -0.25) is 0 Å². The minimum atomic E-state index is -0.341. The van der Waals surface area contributed by atoms with Crippen LogP contribution >= 0.6 is 11.8 Å². The van der Waals surface area contributed by atoms with Gasteiger partial charge < -0.3 is 9.47 Å². The van der Waals surface area contributed by atoms with Gasteiger partial charge in [0.05, 0.1) is 19.8 Å². The van der Waals surface area contributed by atoms with Crippen LogP contribution in [0.2, 0.25) is 0 Å². The molecule has 82 valence electrons. The number of carbonyl (C=O) groups excluding carboxylic acids is 1. The van der Waals surface area contributed by atoms with Gasteiger partial charge in [-0.15, -0.1) is 11.8 Å². The summed E-state index contributed by atoms with van der Waals surface area (Å²) >= 11 is 1.66. The summed E-state index contributed by atoms with van der Waals surface area (Å²) in [6.45, 7) is 2.06. The first kappa shape index (κ1) is 11.9. The number of carbonyl (C=O) groups is 1. The molecule has 0 aliphatic heterocycles. The molecule has 4 heteroatoms. The smallest absolute Gasteiger partial charge is 0.338 e. The van der Waals surface area contributed by atoms with Crippen LogP contribution in [0.15, 0.2) is 23.1 Å². The average molecular weight is 226 g/mol. The minimum absolute atomic E-state index is 0.341. The highest BCUT2D eigenvalue weighted by molar-refractivity contribution is 7.99. The molecule has 0 bridgehead atoms. The van der Waals surface area contributed by atoms with Crippen LogP contribution in [-0.2, 0) is 4.74 Å². The molecule has 0 heterocycles. The lowest BCUT2D eigenvalue weighted by molar-refractivity contribution is 0.0600. The zero-order valence-electron chi connectivity index (χ0n) is 9.07. The molecule has 0 aliphatic carbocycles. The van der Waals surface area contributed by atoms with Gasteiger partial charge in [0.1, 0.15) is 5.75 Å². The topological polar surface area (TPSA) is 35.5 Å². The fourth-order valence-electron chi connectivity index (χ4n) is 1.18. The Balaban J connectivity index is 3.05. The van der Waals surface area contributed by atoms with Crippen molar-refractivity contribution >= 4 is 17.7 Å². The van der Waals surface area contributed by atoms with Crippen molar-refractivity contribution in [2.75, 3.05) is 20.0 Å². The molecule has 3 nitrogen and oxygen atoms in total. The van der Waals surface area contributed by atoms with E-state index in [1.54, 1.807) is 24.9 Å². The molecule has 1 rings (SSSR count). The molecule has 0 fully saturated rings. The Hall–Kier alpha value is -1.16. The van der Waals surface area contributed by atoms with E-state index < -0.39 is 0 Å². The van der Waals surface area contributed by atoms with Crippen molar-refractivity contribution < 1.29 is 14.3 Å². The minimum Gasteiger partial charge on any atom is -0.497 e. The van der Waals surface area contributed by atoms with Gasteiger partial charge in [-0.25, -0.2) is 4.79 Å². The van der Waals surface area contributed by atoms with Crippen LogP contribution in [0, 0.1) is 0 Å². The van der Waals surface area contributed by atoms with E-state index in [9.17, 15) is 4.79 Å². The number of hydrogen-bond acceptors (Lipinski definition) is 4. The molecule has 0 aromatic heterocycles. The SMILES string of the molecule is CCSc1cc(OC)cc(C(=O)OC)c1. The summed E-state index contributed by atoms with van der Waals surface area (Å²) in [5.41, 5.74) is 0.521. The Bertz CT molecular complexity index is 350. The van der Waals surface area contributed by atoms with Crippen LogP contribution < -0.4 is 4.74 Å². The van der Waals surface area contributed by atoms with Gasteiger partial charge >= 0.3 is 5.97 Å². The highest BCUT2D eigenvalue weighted by Gasteiger charge is 2.08. The van der Waals surface area contributed by atoms with Gasteiger partial charge in [-0.2, -0.15) is 0 Å². The molecule has 0 saturated heterocycles. The first-order valence-electron chi connectivity index (χ1n) is 4.61. The summed E-state index contributed by atoms with van der Waals surface area (Å²) in [5, 5.41) is 0. The summed E-state index contributed by atoms with van der Waals surface area (Å²) in [5.74, 6) is 1.29. The summed E-state index contributed by atoms with van der Waals surface area (Å²) < 4.78 is 9.78. The van der Waals surface area contributed by atoms with Gasteiger partial charge in [0, 0.05) is 4.90 Å². The van der Waals surface area contributed by atoms with Crippen molar-refractivity contribution in [2.45, 2.75) is 11.8 Å². The Morgan fingerprint density at radius 2 is 2.07 bits per heavy atom. The second-order valence-corrected chi connectivity index (χ2v) is 4.16. The van der Waals surface area contributed by atoms with Gasteiger partial charge in [0.2, 0.25) is 0 Å². The molecule has 0 aliphatic rings. The van der Waals surface area contributed by atoms with Gasteiger partial charge in [0.25, 0.3) is 0 Å². The zero-order chi connectivity index (χ0) is 11.3. The summed E-state index contributed by atoms with van der Waals surface area (Å²) in [4.78, 5) is 12.4. The molecular weight excluding hydrogens is 212 g/mol. The van der Waals surface area contributed by atoms with E-state index in [1.807, 2.05) is 12.1 Å². The van der Waals surface area contributed by atoms with E-state index in [0.29, 0.717) is 11.3 Å². The molecule has 0 atom stereocenters. The Morgan fingerprint density at radius 1 is 1.33 bits per heavy atom. The molecular formula is C11H14O3S. The van der Waals surface area contributed by atoms with Crippen molar-refractivity contribution in [1.82, 2.24) is 0 Å². The maximum Gasteiger partial charge on any atom is 0.338 e. The lowest BCUT2D eigenvalue weighted by Gasteiger charge is -2.06. The molecule has 0 saturated carbocycles. The number of rotatable bonds is 4. The van der Waals surface area contributed by atoms with Crippen LogP contribution in [0.3, 0.4) is 0 Å². The van der Waals surface area contributed by atoms with Crippen molar-refractivity contribution in [2.24, 2.45) is 0 Å². The number of benzene rings is 1. The van der Waals surface area contributed by atoms with Crippen molar-refractivity contribution in [3.63, 3.8) is 0 Å². The third kappa shape index (κ3) is 3.16. The second kappa shape index (κ2) is 5.66. The van der Waals surface area contributed by atoms with Gasteiger partial charge in [0.15, 0.2) is 0 Å².